The van der Waals surface area contributed by atoms with E-state index in [0.29, 0.717) is 19.0 Å². The third kappa shape index (κ3) is 6.24. The van der Waals surface area contributed by atoms with Gasteiger partial charge in [0.2, 0.25) is 0 Å². The fourth-order valence-electron chi connectivity index (χ4n) is 2.18. The van der Waals surface area contributed by atoms with E-state index in [1.54, 1.807) is 0 Å². The van der Waals surface area contributed by atoms with Crippen LogP contribution in [-0.4, -0.2) is 50.0 Å². The Balaban J connectivity index is 2.08. The summed E-state index contributed by atoms with van der Waals surface area (Å²) in [5.41, 5.74) is 5.66. The van der Waals surface area contributed by atoms with Crippen LogP contribution >= 0.6 is 0 Å². The van der Waals surface area contributed by atoms with Crippen molar-refractivity contribution in [1.82, 2.24) is 4.90 Å². The van der Waals surface area contributed by atoms with Crippen LogP contribution in [0, 0.1) is 0 Å². The number of alkyl halides is 3. The predicted octanol–water partition coefficient (Wildman–Crippen LogP) is 1.77. The molecule has 0 saturated carbocycles. The van der Waals surface area contributed by atoms with E-state index in [4.69, 9.17) is 5.73 Å². The Morgan fingerprint density at radius 2 is 2.06 bits per heavy atom. The molecule has 1 heterocycles. The number of rotatable bonds is 6. The maximum Gasteiger partial charge on any atom is 0.411 e. The first-order valence-corrected chi connectivity index (χ1v) is 6.11. The van der Waals surface area contributed by atoms with Gasteiger partial charge < -0.3 is 10.5 Å². The van der Waals surface area contributed by atoms with Crippen LogP contribution in [0.5, 0.6) is 0 Å². The predicted molar refractivity (Wildman–Crippen MR) is 59.8 cm³/mol. The smallest absolute Gasteiger partial charge is 0.372 e. The van der Waals surface area contributed by atoms with Crippen LogP contribution in [0.25, 0.3) is 0 Å². The topological polar surface area (TPSA) is 38.5 Å². The van der Waals surface area contributed by atoms with Crippen LogP contribution in [0.3, 0.4) is 0 Å². The van der Waals surface area contributed by atoms with E-state index in [9.17, 15) is 13.2 Å². The van der Waals surface area contributed by atoms with E-state index in [0.717, 1.165) is 25.9 Å². The number of hydrogen-bond acceptors (Lipinski definition) is 3. The monoisotopic (exact) mass is 254 g/mol. The summed E-state index contributed by atoms with van der Waals surface area (Å²) < 4.78 is 40.0. The molecule has 0 aliphatic carbocycles. The third-order valence-corrected chi connectivity index (χ3v) is 3.02. The molecule has 1 saturated heterocycles. The molecule has 0 spiro atoms. The Hall–Kier alpha value is -0.330. The van der Waals surface area contributed by atoms with Crippen LogP contribution in [0.4, 0.5) is 13.2 Å². The molecule has 17 heavy (non-hydrogen) atoms. The highest BCUT2D eigenvalue weighted by Gasteiger charge is 2.27. The summed E-state index contributed by atoms with van der Waals surface area (Å²) in [4.78, 5) is 2.26. The Labute approximate surface area is 100 Å². The zero-order valence-electron chi connectivity index (χ0n) is 10.0. The molecule has 102 valence electrons. The van der Waals surface area contributed by atoms with Gasteiger partial charge >= 0.3 is 6.18 Å². The van der Waals surface area contributed by atoms with Gasteiger partial charge in [0.15, 0.2) is 0 Å². The van der Waals surface area contributed by atoms with Crippen LogP contribution < -0.4 is 5.73 Å². The second-order valence-corrected chi connectivity index (χ2v) is 4.44. The minimum atomic E-state index is -4.22. The van der Waals surface area contributed by atoms with Gasteiger partial charge in [0.1, 0.15) is 6.61 Å². The minimum Gasteiger partial charge on any atom is -0.372 e. The van der Waals surface area contributed by atoms with E-state index in [1.165, 1.54) is 6.42 Å². The van der Waals surface area contributed by atoms with E-state index >= 15 is 0 Å². The van der Waals surface area contributed by atoms with Gasteiger partial charge in [0.25, 0.3) is 0 Å². The number of hydrogen-bond donors (Lipinski definition) is 1. The standard InChI is InChI=1S/C11H21F3N2O/c12-11(13,14)9-17-7-3-6-16-5-2-1-4-10(16)8-15/h10H,1-9,15H2. The Bertz CT molecular complexity index is 211. The summed E-state index contributed by atoms with van der Waals surface area (Å²) in [6.45, 7) is 1.42. The van der Waals surface area contributed by atoms with Gasteiger partial charge in [-0.25, -0.2) is 0 Å². The molecule has 0 aromatic carbocycles. The first-order chi connectivity index (χ1) is 8.03. The highest BCUT2D eigenvalue weighted by Crippen LogP contribution is 2.17. The average molecular weight is 254 g/mol. The number of halogens is 3. The Morgan fingerprint density at radius 1 is 1.29 bits per heavy atom. The molecule has 2 N–H and O–H groups in total. The van der Waals surface area contributed by atoms with Crippen molar-refractivity contribution in [2.24, 2.45) is 5.73 Å². The van der Waals surface area contributed by atoms with E-state index in [1.807, 2.05) is 0 Å². The minimum absolute atomic E-state index is 0.160. The summed E-state index contributed by atoms with van der Waals surface area (Å²) in [5, 5.41) is 0. The molecule has 0 aromatic rings. The van der Waals surface area contributed by atoms with E-state index in [2.05, 4.69) is 9.64 Å². The molecule has 0 radical (unpaired) electrons. The van der Waals surface area contributed by atoms with Gasteiger partial charge in [-0.15, -0.1) is 0 Å². The molecule has 1 rings (SSSR count). The maximum absolute atomic E-state index is 11.8. The summed E-state index contributed by atoms with van der Waals surface area (Å²) in [6.07, 6.45) is -0.139. The van der Waals surface area contributed by atoms with Crippen LogP contribution in [0.15, 0.2) is 0 Å². The SMILES string of the molecule is NCC1CCCCN1CCCOCC(F)(F)F. The largest absolute Gasteiger partial charge is 0.411 e. The number of ether oxygens (including phenoxy) is 1. The van der Waals surface area contributed by atoms with Gasteiger partial charge in [-0.1, -0.05) is 6.42 Å². The number of piperidine rings is 1. The van der Waals surface area contributed by atoms with Gasteiger partial charge in [0.05, 0.1) is 0 Å². The molecule has 1 fully saturated rings. The zero-order chi connectivity index (χ0) is 12.7. The van der Waals surface area contributed by atoms with Crippen molar-refractivity contribution in [3.8, 4) is 0 Å². The van der Waals surface area contributed by atoms with E-state index in [-0.39, 0.29) is 6.61 Å². The van der Waals surface area contributed by atoms with Crippen molar-refractivity contribution >= 4 is 0 Å². The van der Waals surface area contributed by atoms with Crippen LogP contribution in [-0.2, 0) is 4.74 Å². The molecular weight excluding hydrogens is 233 g/mol. The molecule has 0 aromatic heterocycles. The van der Waals surface area contributed by atoms with Crippen molar-refractivity contribution in [2.75, 3.05) is 32.8 Å². The highest BCUT2D eigenvalue weighted by molar-refractivity contribution is 4.77. The van der Waals surface area contributed by atoms with E-state index < -0.39 is 12.8 Å². The molecule has 1 aliphatic rings. The molecule has 6 heteroatoms. The molecule has 0 bridgehead atoms. The van der Waals surface area contributed by atoms with Crippen molar-refractivity contribution in [3.05, 3.63) is 0 Å². The Kier molecular flexibility index (Phi) is 6.22. The summed E-state index contributed by atoms with van der Waals surface area (Å²) >= 11 is 0. The van der Waals surface area contributed by atoms with Gasteiger partial charge in [0, 0.05) is 25.7 Å². The lowest BCUT2D eigenvalue weighted by molar-refractivity contribution is -0.174. The molecule has 1 atom stereocenters. The summed E-state index contributed by atoms with van der Waals surface area (Å²) in [6, 6.07) is 0.395. The highest BCUT2D eigenvalue weighted by atomic mass is 19.4. The van der Waals surface area contributed by atoms with Crippen molar-refractivity contribution in [3.63, 3.8) is 0 Å². The second-order valence-electron chi connectivity index (χ2n) is 4.44. The Morgan fingerprint density at radius 3 is 2.71 bits per heavy atom. The van der Waals surface area contributed by atoms with Crippen molar-refractivity contribution < 1.29 is 17.9 Å². The normalized spacial score (nSPS) is 22.9. The first kappa shape index (κ1) is 14.7. The molecule has 1 aliphatic heterocycles. The maximum atomic E-state index is 11.8. The van der Waals surface area contributed by atoms with Crippen molar-refractivity contribution in [1.29, 1.82) is 0 Å². The van der Waals surface area contributed by atoms with Gasteiger partial charge in [-0.3, -0.25) is 4.90 Å². The zero-order valence-corrected chi connectivity index (χ0v) is 10.0. The third-order valence-electron chi connectivity index (χ3n) is 3.02. The number of likely N-dealkylation sites (tertiary alicyclic amines) is 1. The van der Waals surface area contributed by atoms with Crippen molar-refractivity contribution in [2.45, 2.75) is 37.9 Å². The number of nitrogens with zero attached hydrogens (tertiary/aromatic N) is 1. The summed E-state index contributed by atoms with van der Waals surface area (Å²) in [5.74, 6) is 0. The second kappa shape index (κ2) is 7.18. The van der Waals surface area contributed by atoms with Crippen LogP contribution in [0.2, 0.25) is 0 Å². The fraction of sp³-hybridized carbons (Fsp3) is 1.00. The molecular formula is C11H21F3N2O. The lowest BCUT2D eigenvalue weighted by Gasteiger charge is -2.34. The van der Waals surface area contributed by atoms with Gasteiger partial charge in [-0.2, -0.15) is 13.2 Å². The first-order valence-electron chi connectivity index (χ1n) is 6.11. The lowest BCUT2D eigenvalue weighted by atomic mass is 10.0. The van der Waals surface area contributed by atoms with Crippen LogP contribution in [0.1, 0.15) is 25.7 Å². The number of nitrogens with two attached hydrogens (primary N) is 1. The lowest BCUT2D eigenvalue weighted by Crippen LogP contribution is -2.44. The summed E-state index contributed by atoms with van der Waals surface area (Å²) in [7, 11) is 0. The molecule has 3 nitrogen and oxygen atoms in total. The fourth-order valence-corrected chi connectivity index (χ4v) is 2.18. The molecule has 0 amide bonds. The molecule has 1 unspecified atom stereocenters. The average Bonchev–Trinajstić information content (AvgIpc) is 2.27. The van der Waals surface area contributed by atoms with Gasteiger partial charge in [-0.05, 0) is 25.8 Å². The quantitative estimate of drug-likeness (QED) is 0.734.